The smallest absolute Gasteiger partial charge is 0.264 e. The first-order valence-electron chi connectivity index (χ1n) is 4.92. The molecule has 0 saturated heterocycles. The van der Waals surface area contributed by atoms with Crippen LogP contribution in [0.2, 0.25) is 0 Å². The van der Waals surface area contributed by atoms with E-state index >= 15 is 0 Å². The van der Waals surface area contributed by atoms with Crippen LogP contribution in [0.4, 0.5) is 0 Å². The lowest BCUT2D eigenvalue weighted by molar-refractivity contribution is -0.667. The van der Waals surface area contributed by atoms with E-state index in [1.165, 1.54) is 0 Å². The number of pyridine rings is 1. The molecule has 4 heteroatoms. The minimum absolute atomic E-state index is 0.981. The normalized spacial score (nSPS) is 10.7. The highest BCUT2D eigenvalue weighted by molar-refractivity contribution is 5.55. The summed E-state index contributed by atoms with van der Waals surface area (Å²) in [6.07, 6.45) is 3.66. The molecule has 4 nitrogen and oxygen atoms in total. The molecule has 0 bridgehead atoms. The van der Waals surface area contributed by atoms with Gasteiger partial charge >= 0.3 is 5.82 Å². The molecule has 0 aliphatic rings. The summed E-state index contributed by atoms with van der Waals surface area (Å²) < 4.78 is 3.97. The molecule has 0 fully saturated rings. The lowest BCUT2D eigenvalue weighted by Gasteiger charge is -1.98. The molecule has 2 rings (SSSR count). The van der Waals surface area contributed by atoms with Gasteiger partial charge in [-0.1, -0.05) is 0 Å². The summed E-state index contributed by atoms with van der Waals surface area (Å²) in [7, 11) is 3.98. The van der Waals surface area contributed by atoms with Crippen molar-refractivity contribution < 1.29 is 4.57 Å². The molecule has 0 radical (unpaired) electrons. The predicted octanol–water partition coefficient (Wildman–Crippen LogP) is 0.923. The molecule has 78 valence electrons. The SMILES string of the molecule is Cc1cnccc1-c1nn(C)c(C)[n+]1C. The molecule has 0 aliphatic carbocycles. The van der Waals surface area contributed by atoms with Gasteiger partial charge in [-0.05, 0) is 18.6 Å². The summed E-state index contributed by atoms with van der Waals surface area (Å²) in [6, 6.07) is 2.00. The van der Waals surface area contributed by atoms with Gasteiger partial charge in [0.2, 0.25) is 5.82 Å². The summed E-state index contributed by atoms with van der Waals surface area (Å²) in [5.41, 5.74) is 2.28. The van der Waals surface area contributed by atoms with Crippen LogP contribution in [0.3, 0.4) is 0 Å². The maximum absolute atomic E-state index is 4.49. The summed E-state index contributed by atoms with van der Waals surface area (Å²) in [6.45, 7) is 4.10. The molecular formula is C11H15N4+. The highest BCUT2D eigenvalue weighted by Crippen LogP contribution is 2.16. The lowest BCUT2D eigenvalue weighted by Crippen LogP contribution is -2.32. The van der Waals surface area contributed by atoms with Crippen molar-refractivity contribution in [3.63, 3.8) is 0 Å². The fraction of sp³-hybridized carbons (Fsp3) is 0.364. The highest BCUT2D eigenvalue weighted by atomic mass is 15.4. The van der Waals surface area contributed by atoms with Crippen LogP contribution in [0.15, 0.2) is 18.5 Å². The predicted molar refractivity (Wildman–Crippen MR) is 57.1 cm³/mol. The zero-order valence-corrected chi connectivity index (χ0v) is 9.52. The molecule has 2 aromatic heterocycles. The number of rotatable bonds is 1. The van der Waals surface area contributed by atoms with Crippen LogP contribution in [0.5, 0.6) is 0 Å². The van der Waals surface area contributed by atoms with Crippen LogP contribution in [0.1, 0.15) is 11.4 Å². The van der Waals surface area contributed by atoms with Crippen molar-refractivity contribution in [3.05, 3.63) is 29.8 Å². The fourth-order valence-corrected chi connectivity index (χ4v) is 1.61. The van der Waals surface area contributed by atoms with E-state index in [1.807, 2.05) is 44.9 Å². The van der Waals surface area contributed by atoms with Gasteiger partial charge < -0.3 is 0 Å². The van der Waals surface area contributed by atoms with Crippen molar-refractivity contribution in [2.45, 2.75) is 13.8 Å². The van der Waals surface area contributed by atoms with Crippen LogP contribution < -0.4 is 4.57 Å². The van der Waals surface area contributed by atoms with E-state index in [2.05, 4.69) is 14.6 Å². The first-order valence-corrected chi connectivity index (χ1v) is 4.92. The Hall–Kier alpha value is -1.71. The standard InChI is InChI=1S/C11H15N4/c1-8-7-12-6-5-10(8)11-13-15(4)9(2)14(11)3/h5-7H,1-4H3/q+1. The number of aryl methyl sites for hydroxylation is 2. The van der Waals surface area contributed by atoms with E-state index in [-0.39, 0.29) is 0 Å². The second-order valence-corrected chi connectivity index (χ2v) is 3.74. The van der Waals surface area contributed by atoms with Gasteiger partial charge in [0, 0.05) is 24.4 Å². The zero-order chi connectivity index (χ0) is 11.0. The first-order chi connectivity index (χ1) is 7.11. The Balaban J connectivity index is 2.65. The van der Waals surface area contributed by atoms with E-state index in [0.29, 0.717) is 0 Å². The summed E-state index contributed by atoms with van der Waals surface area (Å²) in [4.78, 5) is 4.09. The molecular weight excluding hydrogens is 188 g/mol. The minimum Gasteiger partial charge on any atom is -0.264 e. The largest absolute Gasteiger partial charge is 0.309 e. The van der Waals surface area contributed by atoms with Crippen molar-refractivity contribution in [1.82, 2.24) is 14.8 Å². The average molecular weight is 203 g/mol. The van der Waals surface area contributed by atoms with E-state index < -0.39 is 0 Å². The van der Waals surface area contributed by atoms with Gasteiger partial charge in [-0.25, -0.2) is 4.57 Å². The number of hydrogen-bond acceptors (Lipinski definition) is 2. The lowest BCUT2D eigenvalue weighted by atomic mass is 10.1. The van der Waals surface area contributed by atoms with Crippen molar-refractivity contribution in [3.8, 4) is 11.4 Å². The summed E-state index contributed by atoms with van der Waals surface area (Å²) in [5, 5.41) is 4.49. The van der Waals surface area contributed by atoms with E-state index in [4.69, 9.17) is 0 Å². The average Bonchev–Trinajstić information content (AvgIpc) is 2.47. The first kappa shape index (κ1) is 9.83. The molecule has 0 saturated carbocycles. The Morgan fingerprint density at radius 3 is 2.60 bits per heavy atom. The van der Waals surface area contributed by atoms with Crippen LogP contribution in [0, 0.1) is 13.8 Å². The third-order valence-electron chi connectivity index (χ3n) is 2.78. The van der Waals surface area contributed by atoms with Gasteiger partial charge in [0.25, 0.3) is 0 Å². The molecule has 0 atom stereocenters. The zero-order valence-electron chi connectivity index (χ0n) is 9.52. The molecule has 0 N–H and O–H groups in total. The van der Waals surface area contributed by atoms with Gasteiger partial charge in [-0.15, -0.1) is 4.68 Å². The third kappa shape index (κ3) is 1.52. The molecule has 0 unspecified atom stereocenters. The molecule has 2 heterocycles. The molecule has 0 amide bonds. The Morgan fingerprint density at radius 1 is 1.33 bits per heavy atom. The van der Waals surface area contributed by atoms with Gasteiger partial charge in [-0.2, -0.15) is 0 Å². The van der Waals surface area contributed by atoms with Crippen molar-refractivity contribution in [2.75, 3.05) is 0 Å². The van der Waals surface area contributed by atoms with Gasteiger partial charge in [0.1, 0.15) is 0 Å². The van der Waals surface area contributed by atoms with Crippen molar-refractivity contribution in [2.24, 2.45) is 14.1 Å². The van der Waals surface area contributed by atoms with Crippen LogP contribution in [-0.2, 0) is 14.1 Å². The van der Waals surface area contributed by atoms with E-state index in [0.717, 1.165) is 22.8 Å². The van der Waals surface area contributed by atoms with Crippen LogP contribution in [0.25, 0.3) is 11.4 Å². The topological polar surface area (TPSA) is 34.6 Å². The van der Waals surface area contributed by atoms with E-state index in [9.17, 15) is 0 Å². The highest BCUT2D eigenvalue weighted by Gasteiger charge is 2.20. The van der Waals surface area contributed by atoms with Crippen LogP contribution in [-0.4, -0.2) is 14.8 Å². The second-order valence-electron chi connectivity index (χ2n) is 3.74. The molecule has 0 aromatic carbocycles. The Morgan fingerprint density at radius 2 is 2.07 bits per heavy atom. The quantitative estimate of drug-likeness (QED) is 0.646. The van der Waals surface area contributed by atoms with E-state index in [1.54, 1.807) is 6.20 Å². The van der Waals surface area contributed by atoms with Crippen LogP contribution >= 0.6 is 0 Å². The Labute approximate surface area is 89.2 Å². The molecule has 0 spiro atoms. The number of hydrogen-bond donors (Lipinski definition) is 0. The summed E-state index contributed by atoms with van der Waals surface area (Å²) in [5.74, 6) is 2.11. The summed E-state index contributed by atoms with van der Waals surface area (Å²) >= 11 is 0. The molecule has 0 aliphatic heterocycles. The van der Waals surface area contributed by atoms with Crippen molar-refractivity contribution >= 4 is 0 Å². The molecule has 2 aromatic rings. The van der Waals surface area contributed by atoms with Gasteiger partial charge in [0.05, 0.1) is 19.7 Å². The third-order valence-corrected chi connectivity index (χ3v) is 2.78. The Bertz CT molecular complexity index is 499. The van der Waals surface area contributed by atoms with Gasteiger partial charge in [0.15, 0.2) is 0 Å². The monoisotopic (exact) mass is 203 g/mol. The fourth-order valence-electron chi connectivity index (χ4n) is 1.61. The van der Waals surface area contributed by atoms with Crippen molar-refractivity contribution in [1.29, 1.82) is 0 Å². The Kier molecular flexibility index (Phi) is 2.26. The maximum Gasteiger partial charge on any atom is 0.309 e. The second kappa shape index (κ2) is 3.46. The van der Waals surface area contributed by atoms with Gasteiger partial charge in [-0.3, -0.25) is 4.98 Å². The number of nitrogens with zero attached hydrogens (tertiary/aromatic N) is 4. The molecule has 15 heavy (non-hydrogen) atoms. The number of aromatic nitrogens is 4. The minimum atomic E-state index is 0.981. The maximum atomic E-state index is 4.49.